The van der Waals surface area contributed by atoms with Crippen molar-refractivity contribution in [3.8, 4) is 0 Å². The van der Waals surface area contributed by atoms with Gasteiger partial charge in [0.1, 0.15) is 5.76 Å². The lowest BCUT2D eigenvalue weighted by atomic mass is 10.0. The molecule has 1 atom stereocenters. The van der Waals surface area contributed by atoms with Gasteiger partial charge in [0.2, 0.25) is 0 Å². The fourth-order valence-corrected chi connectivity index (χ4v) is 2.07. The van der Waals surface area contributed by atoms with E-state index in [0.29, 0.717) is 12.5 Å². The monoisotopic (exact) mass is 195 g/mol. The third-order valence-corrected chi connectivity index (χ3v) is 2.91. The predicted octanol–water partition coefficient (Wildman–Crippen LogP) is 0.628. The third-order valence-electron chi connectivity index (χ3n) is 2.91. The first-order chi connectivity index (χ1) is 6.79. The van der Waals surface area contributed by atoms with Crippen LogP contribution in [0.4, 0.5) is 0 Å². The highest BCUT2D eigenvalue weighted by Gasteiger charge is 2.22. The van der Waals surface area contributed by atoms with Gasteiger partial charge in [-0.05, 0) is 25.9 Å². The van der Waals surface area contributed by atoms with Crippen molar-refractivity contribution in [2.75, 3.05) is 20.1 Å². The number of nitrogens with zero attached hydrogens (tertiary/aromatic N) is 2. The Morgan fingerprint density at radius 2 is 2.57 bits per heavy atom. The number of likely N-dealkylation sites (tertiary alicyclic amines) is 1. The van der Waals surface area contributed by atoms with Crippen LogP contribution < -0.4 is 5.73 Å². The molecule has 1 unspecified atom stereocenters. The number of aromatic nitrogens is 1. The molecular formula is C10H17N3O. The summed E-state index contributed by atoms with van der Waals surface area (Å²) in [5.41, 5.74) is 6.64. The van der Waals surface area contributed by atoms with Crippen LogP contribution in [0.25, 0.3) is 0 Å². The Morgan fingerprint density at radius 3 is 3.21 bits per heavy atom. The van der Waals surface area contributed by atoms with E-state index in [4.69, 9.17) is 10.3 Å². The number of rotatable bonds is 3. The zero-order valence-corrected chi connectivity index (χ0v) is 8.57. The van der Waals surface area contributed by atoms with E-state index in [9.17, 15) is 0 Å². The smallest absolute Gasteiger partial charge is 0.141 e. The fraction of sp³-hybridized carbons (Fsp3) is 0.700. The van der Waals surface area contributed by atoms with Crippen LogP contribution in [-0.4, -0.2) is 30.2 Å². The highest BCUT2D eigenvalue weighted by molar-refractivity contribution is 5.13. The molecule has 0 bridgehead atoms. The summed E-state index contributed by atoms with van der Waals surface area (Å²) >= 11 is 0. The summed E-state index contributed by atoms with van der Waals surface area (Å²) in [6.07, 6.45) is 3.96. The molecule has 2 heterocycles. The van der Waals surface area contributed by atoms with E-state index in [0.717, 1.165) is 24.3 Å². The van der Waals surface area contributed by atoms with Crippen LogP contribution >= 0.6 is 0 Å². The van der Waals surface area contributed by atoms with Crippen molar-refractivity contribution in [2.24, 2.45) is 11.7 Å². The van der Waals surface area contributed by atoms with Crippen LogP contribution in [-0.2, 0) is 13.0 Å². The lowest BCUT2D eigenvalue weighted by Crippen LogP contribution is -2.15. The second-order valence-electron chi connectivity index (χ2n) is 4.10. The highest BCUT2D eigenvalue weighted by atomic mass is 16.5. The van der Waals surface area contributed by atoms with Gasteiger partial charge in [0.15, 0.2) is 0 Å². The third kappa shape index (κ3) is 1.96. The molecule has 0 spiro atoms. The minimum Gasteiger partial charge on any atom is -0.361 e. The number of hydrogen-bond donors (Lipinski definition) is 1. The summed E-state index contributed by atoms with van der Waals surface area (Å²) in [5, 5.41) is 3.79. The van der Waals surface area contributed by atoms with Crippen LogP contribution in [0.1, 0.15) is 17.7 Å². The Hall–Kier alpha value is -0.870. The summed E-state index contributed by atoms with van der Waals surface area (Å²) < 4.78 is 5.20. The van der Waals surface area contributed by atoms with Gasteiger partial charge < -0.3 is 15.2 Å². The Kier molecular flexibility index (Phi) is 2.84. The molecule has 0 radical (unpaired) electrons. The number of nitrogens with two attached hydrogens (primary N) is 1. The lowest BCUT2D eigenvalue weighted by molar-refractivity contribution is 0.347. The molecule has 1 aromatic rings. The van der Waals surface area contributed by atoms with Crippen molar-refractivity contribution >= 4 is 0 Å². The molecule has 2 N–H and O–H groups in total. The maximum atomic E-state index is 5.59. The summed E-state index contributed by atoms with van der Waals surface area (Å²) in [7, 11) is 2.16. The average molecular weight is 195 g/mol. The molecule has 2 rings (SSSR count). The van der Waals surface area contributed by atoms with E-state index < -0.39 is 0 Å². The quantitative estimate of drug-likeness (QED) is 0.768. The fourth-order valence-electron chi connectivity index (χ4n) is 2.07. The molecule has 0 aliphatic carbocycles. The van der Waals surface area contributed by atoms with E-state index >= 15 is 0 Å². The zero-order chi connectivity index (χ0) is 9.97. The topological polar surface area (TPSA) is 55.3 Å². The SMILES string of the molecule is CN1CCC(Cc2oncc2CN)C1. The minimum atomic E-state index is 0.529. The molecule has 1 fully saturated rings. The largest absolute Gasteiger partial charge is 0.361 e. The van der Waals surface area contributed by atoms with Gasteiger partial charge in [-0.2, -0.15) is 0 Å². The average Bonchev–Trinajstić information content (AvgIpc) is 2.76. The first-order valence-corrected chi connectivity index (χ1v) is 5.10. The summed E-state index contributed by atoms with van der Waals surface area (Å²) in [6.45, 7) is 2.88. The lowest BCUT2D eigenvalue weighted by Gasteiger charge is -2.08. The molecule has 78 valence electrons. The maximum Gasteiger partial charge on any atom is 0.141 e. The molecular weight excluding hydrogens is 178 g/mol. The van der Waals surface area contributed by atoms with Crippen LogP contribution in [0, 0.1) is 5.92 Å². The van der Waals surface area contributed by atoms with Crippen molar-refractivity contribution in [2.45, 2.75) is 19.4 Å². The van der Waals surface area contributed by atoms with E-state index in [1.807, 2.05) is 0 Å². The summed E-state index contributed by atoms with van der Waals surface area (Å²) in [5.74, 6) is 1.69. The maximum absolute atomic E-state index is 5.59. The second kappa shape index (κ2) is 4.11. The first kappa shape index (κ1) is 9.68. The van der Waals surface area contributed by atoms with Gasteiger partial charge in [0.25, 0.3) is 0 Å². The molecule has 1 aromatic heterocycles. The molecule has 14 heavy (non-hydrogen) atoms. The van der Waals surface area contributed by atoms with E-state index in [-0.39, 0.29) is 0 Å². The van der Waals surface area contributed by atoms with Crippen LogP contribution in [0.2, 0.25) is 0 Å². The predicted molar refractivity (Wildman–Crippen MR) is 53.7 cm³/mol. The van der Waals surface area contributed by atoms with Gasteiger partial charge in [-0.3, -0.25) is 0 Å². The minimum absolute atomic E-state index is 0.529. The molecule has 0 saturated carbocycles. The van der Waals surface area contributed by atoms with Crippen molar-refractivity contribution in [1.82, 2.24) is 10.1 Å². The van der Waals surface area contributed by atoms with Crippen molar-refractivity contribution in [3.63, 3.8) is 0 Å². The van der Waals surface area contributed by atoms with Crippen LogP contribution in [0.3, 0.4) is 0 Å². The van der Waals surface area contributed by atoms with E-state index in [2.05, 4.69) is 17.1 Å². The molecule has 4 heteroatoms. The van der Waals surface area contributed by atoms with Crippen LogP contribution in [0.15, 0.2) is 10.7 Å². The molecule has 1 aliphatic rings. The molecule has 0 amide bonds. The zero-order valence-electron chi connectivity index (χ0n) is 8.57. The second-order valence-corrected chi connectivity index (χ2v) is 4.10. The Bertz CT molecular complexity index is 297. The normalized spacial score (nSPS) is 23.1. The highest BCUT2D eigenvalue weighted by Crippen LogP contribution is 2.21. The molecule has 4 nitrogen and oxygen atoms in total. The number of hydrogen-bond acceptors (Lipinski definition) is 4. The van der Waals surface area contributed by atoms with Gasteiger partial charge in [-0.1, -0.05) is 5.16 Å². The Labute approximate surface area is 84.0 Å². The molecule has 1 saturated heterocycles. The summed E-state index contributed by atoms with van der Waals surface area (Å²) in [6, 6.07) is 0. The Morgan fingerprint density at radius 1 is 1.71 bits per heavy atom. The molecule has 1 aliphatic heterocycles. The van der Waals surface area contributed by atoms with Crippen molar-refractivity contribution < 1.29 is 4.52 Å². The summed E-state index contributed by atoms with van der Waals surface area (Å²) in [4.78, 5) is 2.35. The standard InChI is InChI=1S/C10H17N3O/c1-13-3-2-8(7-13)4-10-9(5-11)6-12-14-10/h6,8H,2-5,7,11H2,1H3. The first-order valence-electron chi connectivity index (χ1n) is 5.10. The van der Waals surface area contributed by atoms with Gasteiger partial charge in [-0.25, -0.2) is 0 Å². The Balaban J connectivity index is 1.97. The van der Waals surface area contributed by atoms with Crippen molar-refractivity contribution in [3.05, 3.63) is 17.5 Å². The van der Waals surface area contributed by atoms with Crippen LogP contribution in [0.5, 0.6) is 0 Å². The van der Waals surface area contributed by atoms with E-state index in [1.54, 1.807) is 6.20 Å². The van der Waals surface area contributed by atoms with Crippen molar-refractivity contribution in [1.29, 1.82) is 0 Å². The molecule has 0 aromatic carbocycles. The van der Waals surface area contributed by atoms with Gasteiger partial charge >= 0.3 is 0 Å². The van der Waals surface area contributed by atoms with Gasteiger partial charge in [0, 0.05) is 25.1 Å². The van der Waals surface area contributed by atoms with E-state index in [1.165, 1.54) is 13.0 Å². The van der Waals surface area contributed by atoms with Gasteiger partial charge in [-0.15, -0.1) is 0 Å². The van der Waals surface area contributed by atoms with Gasteiger partial charge in [0.05, 0.1) is 6.20 Å².